The van der Waals surface area contributed by atoms with Crippen LogP contribution in [0.15, 0.2) is 53.6 Å². The van der Waals surface area contributed by atoms with E-state index in [1.165, 1.54) is 13.1 Å². The van der Waals surface area contributed by atoms with Gasteiger partial charge >= 0.3 is 5.97 Å². The molecular formula is C18H17N3O5. The van der Waals surface area contributed by atoms with Gasteiger partial charge in [-0.25, -0.2) is 10.2 Å². The molecule has 0 radical (unpaired) electrons. The zero-order chi connectivity index (χ0) is 18.9. The summed E-state index contributed by atoms with van der Waals surface area (Å²) < 4.78 is 5.02. The van der Waals surface area contributed by atoms with Gasteiger partial charge < -0.3 is 15.2 Å². The summed E-state index contributed by atoms with van der Waals surface area (Å²) in [5.41, 5.74) is 4.10. The van der Waals surface area contributed by atoms with Crippen LogP contribution in [0.4, 0.5) is 5.69 Å². The average molecular weight is 355 g/mol. The summed E-state index contributed by atoms with van der Waals surface area (Å²) in [6.45, 7) is 0.990. The van der Waals surface area contributed by atoms with E-state index in [9.17, 15) is 14.4 Å². The number of hydrogen-bond donors (Lipinski definition) is 3. The fraction of sp³-hybridized carbons (Fsp3) is 0.111. The fourth-order valence-electron chi connectivity index (χ4n) is 1.93. The van der Waals surface area contributed by atoms with Crippen LogP contribution in [-0.4, -0.2) is 35.7 Å². The number of anilines is 1. The van der Waals surface area contributed by atoms with Gasteiger partial charge in [-0.3, -0.25) is 9.59 Å². The maximum Gasteiger partial charge on any atom is 0.341 e. The minimum absolute atomic E-state index is 0.189. The molecule has 0 unspecified atom stereocenters. The summed E-state index contributed by atoms with van der Waals surface area (Å²) >= 11 is 0. The lowest BCUT2D eigenvalue weighted by atomic mass is 10.2. The van der Waals surface area contributed by atoms with Crippen molar-refractivity contribution in [1.82, 2.24) is 5.43 Å². The molecule has 0 saturated carbocycles. The summed E-state index contributed by atoms with van der Waals surface area (Å²) in [7, 11) is 0. The quantitative estimate of drug-likeness (QED) is 0.518. The number of carbonyl (C=O) groups excluding carboxylic acids is 2. The van der Waals surface area contributed by atoms with Crippen molar-refractivity contribution in [2.24, 2.45) is 5.10 Å². The van der Waals surface area contributed by atoms with Gasteiger partial charge in [0.1, 0.15) is 5.75 Å². The van der Waals surface area contributed by atoms with Crippen molar-refractivity contribution in [3.8, 4) is 5.75 Å². The molecule has 3 N–H and O–H groups in total. The molecule has 0 spiro atoms. The number of nitrogens with one attached hydrogen (secondary N) is 2. The number of rotatable bonds is 7. The third kappa shape index (κ3) is 6.08. The second kappa shape index (κ2) is 8.97. The molecule has 0 bridgehead atoms. The Bertz CT molecular complexity index is 814. The molecule has 0 aromatic heterocycles. The van der Waals surface area contributed by atoms with Gasteiger partial charge in [-0.1, -0.05) is 0 Å². The molecule has 2 aromatic carbocycles. The highest BCUT2D eigenvalue weighted by molar-refractivity contribution is 5.96. The van der Waals surface area contributed by atoms with Crippen molar-refractivity contribution < 1.29 is 24.2 Å². The van der Waals surface area contributed by atoms with E-state index in [1.807, 2.05) is 0 Å². The third-order valence-corrected chi connectivity index (χ3v) is 3.09. The number of carboxylic acid groups (broad SMARTS) is 1. The molecule has 2 aromatic rings. The zero-order valence-electron chi connectivity index (χ0n) is 13.9. The number of carbonyl (C=O) groups is 3. The molecule has 0 aliphatic rings. The summed E-state index contributed by atoms with van der Waals surface area (Å²) in [4.78, 5) is 33.4. The predicted octanol–water partition coefficient (Wildman–Crippen LogP) is 1.87. The van der Waals surface area contributed by atoms with Crippen LogP contribution >= 0.6 is 0 Å². The van der Waals surface area contributed by atoms with Gasteiger partial charge in [0.15, 0.2) is 6.61 Å². The Hall–Kier alpha value is -3.68. The lowest BCUT2D eigenvalue weighted by molar-refractivity contribution is -0.139. The third-order valence-electron chi connectivity index (χ3n) is 3.09. The van der Waals surface area contributed by atoms with Crippen molar-refractivity contribution >= 4 is 29.7 Å². The van der Waals surface area contributed by atoms with Crippen LogP contribution < -0.4 is 15.5 Å². The highest BCUT2D eigenvalue weighted by Crippen LogP contribution is 2.11. The first-order valence-corrected chi connectivity index (χ1v) is 7.60. The maximum atomic E-state index is 12.0. The van der Waals surface area contributed by atoms with Gasteiger partial charge in [-0.05, 0) is 54.1 Å². The van der Waals surface area contributed by atoms with Crippen LogP contribution in [0.2, 0.25) is 0 Å². The molecule has 2 rings (SSSR count). The molecule has 134 valence electrons. The van der Waals surface area contributed by atoms with E-state index in [0.29, 0.717) is 22.6 Å². The standard InChI is InChI=1S/C18H17N3O5/c1-12(22)20-15-6-4-14(5-7-15)18(25)21-19-10-13-2-8-16(9-3-13)26-11-17(23)24/h2-10H,11H2,1H3,(H,20,22)(H,21,25)(H,23,24). The Balaban J connectivity index is 1.88. The van der Waals surface area contributed by atoms with E-state index in [1.54, 1.807) is 48.5 Å². The van der Waals surface area contributed by atoms with Crippen LogP contribution in [0.3, 0.4) is 0 Å². The summed E-state index contributed by atoms with van der Waals surface area (Å²) in [5, 5.41) is 15.0. The molecule has 8 nitrogen and oxygen atoms in total. The minimum Gasteiger partial charge on any atom is -0.482 e. The molecule has 0 atom stereocenters. The number of nitrogens with zero attached hydrogens (tertiary/aromatic N) is 1. The second-order valence-electron chi connectivity index (χ2n) is 5.21. The van der Waals surface area contributed by atoms with Gasteiger partial charge in [0.2, 0.25) is 5.91 Å². The Kier molecular flexibility index (Phi) is 6.44. The zero-order valence-corrected chi connectivity index (χ0v) is 13.9. The molecule has 0 heterocycles. The Morgan fingerprint density at radius 1 is 1.08 bits per heavy atom. The normalized spacial score (nSPS) is 10.3. The van der Waals surface area contributed by atoms with Gasteiger partial charge in [-0.15, -0.1) is 0 Å². The van der Waals surface area contributed by atoms with E-state index >= 15 is 0 Å². The smallest absolute Gasteiger partial charge is 0.341 e. The lowest BCUT2D eigenvalue weighted by Gasteiger charge is -2.04. The van der Waals surface area contributed by atoms with Crippen LogP contribution in [0.25, 0.3) is 0 Å². The summed E-state index contributed by atoms with van der Waals surface area (Å²) in [6.07, 6.45) is 1.45. The Labute approximate surface area is 149 Å². The van der Waals surface area contributed by atoms with E-state index in [-0.39, 0.29) is 5.91 Å². The predicted molar refractivity (Wildman–Crippen MR) is 95.4 cm³/mol. The van der Waals surface area contributed by atoms with Gasteiger partial charge in [-0.2, -0.15) is 5.10 Å². The van der Waals surface area contributed by atoms with E-state index in [4.69, 9.17) is 9.84 Å². The largest absolute Gasteiger partial charge is 0.482 e. The molecule has 0 aliphatic carbocycles. The summed E-state index contributed by atoms with van der Waals surface area (Å²) in [5.74, 6) is -1.21. The molecule has 0 saturated heterocycles. The summed E-state index contributed by atoms with van der Waals surface area (Å²) in [6, 6.07) is 12.9. The van der Waals surface area contributed by atoms with Crippen LogP contribution in [0, 0.1) is 0 Å². The molecule has 2 amide bonds. The first-order valence-electron chi connectivity index (χ1n) is 7.60. The maximum absolute atomic E-state index is 12.0. The van der Waals surface area contributed by atoms with Gasteiger partial charge in [0.05, 0.1) is 6.21 Å². The lowest BCUT2D eigenvalue weighted by Crippen LogP contribution is -2.17. The van der Waals surface area contributed by atoms with Crippen molar-refractivity contribution in [1.29, 1.82) is 0 Å². The number of benzene rings is 2. The number of aliphatic carboxylic acids is 1. The van der Waals surface area contributed by atoms with Crippen LogP contribution in [0.5, 0.6) is 5.75 Å². The fourth-order valence-corrected chi connectivity index (χ4v) is 1.93. The Morgan fingerprint density at radius 2 is 1.73 bits per heavy atom. The SMILES string of the molecule is CC(=O)Nc1ccc(C(=O)NN=Cc2ccc(OCC(=O)O)cc2)cc1. The molecule has 8 heteroatoms. The first kappa shape index (κ1) is 18.7. The van der Waals surface area contributed by atoms with Gasteiger partial charge in [0.25, 0.3) is 5.91 Å². The number of hydrazone groups is 1. The second-order valence-corrected chi connectivity index (χ2v) is 5.21. The molecular weight excluding hydrogens is 338 g/mol. The van der Waals surface area contributed by atoms with Gasteiger partial charge in [0, 0.05) is 18.2 Å². The minimum atomic E-state index is -1.05. The van der Waals surface area contributed by atoms with Crippen molar-refractivity contribution in [3.63, 3.8) is 0 Å². The molecule has 26 heavy (non-hydrogen) atoms. The van der Waals surface area contributed by atoms with Crippen molar-refractivity contribution in [2.75, 3.05) is 11.9 Å². The average Bonchev–Trinajstić information content (AvgIpc) is 2.61. The number of ether oxygens (including phenoxy) is 1. The van der Waals surface area contributed by atoms with E-state index < -0.39 is 18.5 Å². The molecule has 0 fully saturated rings. The van der Waals surface area contributed by atoms with Crippen LogP contribution in [-0.2, 0) is 9.59 Å². The topological polar surface area (TPSA) is 117 Å². The molecule has 0 aliphatic heterocycles. The highest BCUT2D eigenvalue weighted by atomic mass is 16.5. The van der Waals surface area contributed by atoms with Crippen molar-refractivity contribution in [2.45, 2.75) is 6.92 Å². The Morgan fingerprint density at radius 3 is 2.31 bits per heavy atom. The number of amides is 2. The number of carboxylic acids is 1. The number of hydrogen-bond acceptors (Lipinski definition) is 5. The highest BCUT2D eigenvalue weighted by Gasteiger charge is 2.04. The van der Waals surface area contributed by atoms with Crippen LogP contribution in [0.1, 0.15) is 22.8 Å². The van der Waals surface area contributed by atoms with Crippen molar-refractivity contribution in [3.05, 3.63) is 59.7 Å². The monoisotopic (exact) mass is 355 g/mol. The first-order chi connectivity index (χ1) is 12.4. The van der Waals surface area contributed by atoms with E-state index in [0.717, 1.165) is 0 Å². The van der Waals surface area contributed by atoms with E-state index in [2.05, 4.69) is 15.8 Å².